The van der Waals surface area contributed by atoms with E-state index in [0.717, 1.165) is 0 Å². The third-order valence-electron chi connectivity index (χ3n) is 4.08. The van der Waals surface area contributed by atoms with E-state index in [4.69, 9.17) is 5.73 Å². The molecule has 0 bridgehead atoms. The lowest BCUT2D eigenvalue weighted by Gasteiger charge is -2.32. The lowest BCUT2D eigenvalue weighted by molar-refractivity contribution is -0.125. The molecule has 1 heterocycles. The van der Waals surface area contributed by atoms with E-state index in [1.165, 1.54) is 4.31 Å². The summed E-state index contributed by atoms with van der Waals surface area (Å²) < 4.78 is 27.4. The highest BCUT2D eigenvalue weighted by Crippen LogP contribution is 2.21. The summed E-state index contributed by atoms with van der Waals surface area (Å²) in [5.74, 6) is -0.325. The molecular formula is C16H26N4O3S. The molecule has 1 aliphatic heterocycles. The molecule has 3 N–H and O–H groups in total. The molecule has 0 aromatic heterocycles. The van der Waals surface area contributed by atoms with Crippen molar-refractivity contribution >= 4 is 15.9 Å². The molecule has 8 heteroatoms. The van der Waals surface area contributed by atoms with E-state index in [1.807, 2.05) is 7.05 Å². The molecule has 1 aliphatic rings. The number of carbonyl (C=O) groups excluding carboxylic acids is 1. The molecule has 7 nitrogen and oxygen atoms in total. The summed E-state index contributed by atoms with van der Waals surface area (Å²) in [6.45, 7) is 5.69. The van der Waals surface area contributed by atoms with Crippen LogP contribution in [0.5, 0.6) is 0 Å². The first-order valence-corrected chi connectivity index (χ1v) is 9.40. The van der Waals surface area contributed by atoms with E-state index >= 15 is 0 Å². The van der Waals surface area contributed by atoms with E-state index in [2.05, 4.69) is 10.2 Å². The Morgan fingerprint density at radius 1 is 1.21 bits per heavy atom. The van der Waals surface area contributed by atoms with Gasteiger partial charge in [0, 0.05) is 32.7 Å². The van der Waals surface area contributed by atoms with Gasteiger partial charge in [-0.3, -0.25) is 4.79 Å². The van der Waals surface area contributed by atoms with E-state index in [0.29, 0.717) is 31.7 Å². The Kier molecular flexibility index (Phi) is 5.64. The van der Waals surface area contributed by atoms with Crippen molar-refractivity contribution in [2.75, 3.05) is 33.2 Å². The number of nitrogens with zero attached hydrogens (tertiary/aromatic N) is 2. The molecule has 0 saturated carbocycles. The van der Waals surface area contributed by atoms with Crippen molar-refractivity contribution in [2.45, 2.75) is 30.8 Å². The largest absolute Gasteiger partial charge is 0.350 e. The zero-order valence-electron chi connectivity index (χ0n) is 14.4. The number of amides is 1. The van der Waals surface area contributed by atoms with Crippen molar-refractivity contribution in [3.05, 3.63) is 29.8 Å². The summed E-state index contributed by atoms with van der Waals surface area (Å²) in [6, 6.07) is 6.76. The molecular weight excluding hydrogens is 328 g/mol. The molecule has 0 aliphatic carbocycles. The zero-order chi connectivity index (χ0) is 18.0. The minimum absolute atomic E-state index is 0.128. The third-order valence-corrected chi connectivity index (χ3v) is 6.08. The van der Waals surface area contributed by atoms with Gasteiger partial charge in [0.1, 0.15) is 0 Å². The van der Waals surface area contributed by atoms with Gasteiger partial charge in [0.25, 0.3) is 0 Å². The number of likely N-dealkylation sites (N-methyl/N-ethyl adjacent to an activating group) is 1. The zero-order valence-corrected chi connectivity index (χ0v) is 15.3. The van der Waals surface area contributed by atoms with E-state index in [9.17, 15) is 13.2 Å². The van der Waals surface area contributed by atoms with Gasteiger partial charge in [-0.2, -0.15) is 4.31 Å². The van der Waals surface area contributed by atoms with E-state index in [1.54, 1.807) is 38.1 Å². The normalized spacial score (nSPS) is 17.7. The molecule has 0 atom stereocenters. The summed E-state index contributed by atoms with van der Waals surface area (Å²) in [5, 5.41) is 2.71. The van der Waals surface area contributed by atoms with Crippen molar-refractivity contribution in [3.8, 4) is 0 Å². The van der Waals surface area contributed by atoms with Gasteiger partial charge in [-0.1, -0.05) is 18.2 Å². The molecule has 0 unspecified atom stereocenters. The van der Waals surface area contributed by atoms with Crippen LogP contribution in [0.1, 0.15) is 19.4 Å². The maximum Gasteiger partial charge on any atom is 0.243 e. The number of sulfonamides is 1. The Balaban J connectivity index is 2.20. The summed E-state index contributed by atoms with van der Waals surface area (Å²) >= 11 is 0. The number of carbonyl (C=O) groups is 1. The Morgan fingerprint density at radius 3 is 2.38 bits per heavy atom. The van der Waals surface area contributed by atoms with Crippen molar-refractivity contribution in [3.63, 3.8) is 0 Å². The van der Waals surface area contributed by atoms with Gasteiger partial charge >= 0.3 is 0 Å². The number of piperazine rings is 1. The number of rotatable bonds is 5. The number of nitrogens with one attached hydrogen (secondary N) is 1. The molecule has 1 aromatic carbocycles. The van der Waals surface area contributed by atoms with Crippen LogP contribution in [-0.2, 0) is 21.4 Å². The quantitative estimate of drug-likeness (QED) is 0.775. The van der Waals surface area contributed by atoms with Crippen molar-refractivity contribution < 1.29 is 13.2 Å². The summed E-state index contributed by atoms with van der Waals surface area (Å²) in [5.41, 5.74) is 5.31. The second kappa shape index (κ2) is 7.18. The van der Waals surface area contributed by atoms with E-state index < -0.39 is 15.6 Å². The van der Waals surface area contributed by atoms with Gasteiger partial charge in [0.2, 0.25) is 15.9 Å². The Morgan fingerprint density at radius 2 is 1.79 bits per heavy atom. The molecule has 0 spiro atoms. The van der Waals surface area contributed by atoms with Crippen LogP contribution in [0.4, 0.5) is 0 Å². The molecule has 24 heavy (non-hydrogen) atoms. The van der Waals surface area contributed by atoms with Crippen LogP contribution in [0.3, 0.4) is 0 Å². The number of hydrogen-bond donors (Lipinski definition) is 2. The van der Waals surface area contributed by atoms with E-state index in [-0.39, 0.29) is 17.3 Å². The highest BCUT2D eigenvalue weighted by molar-refractivity contribution is 7.89. The summed E-state index contributed by atoms with van der Waals surface area (Å²) in [6.07, 6.45) is 0. The number of benzene rings is 1. The molecule has 0 radical (unpaired) electrons. The Labute approximate surface area is 143 Å². The lowest BCUT2D eigenvalue weighted by atomic mass is 10.1. The monoisotopic (exact) mass is 354 g/mol. The molecule has 1 saturated heterocycles. The second-order valence-corrected chi connectivity index (χ2v) is 8.63. The highest BCUT2D eigenvalue weighted by atomic mass is 32.2. The van der Waals surface area contributed by atoms with Gasteiger partial charge in [0.15, 0.2) is 0 Å². The van der Waals surface area contributed by atoms with Crippen LogP contribution in [0.25, 0.3) is 0 Å². The fourth-order valence-electron chi connectivity index (χ4n) is 2.47. The SMILES string of the molecule is CN1CCN(S(=O)(=O)c2ccccc2CNC(=O)C(C)(C)N)CC1. The second-order valence-electron chi connectivity index (χ2n) is 6.72. The smallest absolute Gasteiger partial charge is 0.243 e. The topological polar surface area (TPSA) is 95.7 Å². The van der Waals surface area contributed by atoms with Gasteiger partial charge in [-0.15, -0.1) is 0 Å². The lowest BCUT2D eigenvalue weighted by Crippen LogP contribution is -2.49. The first-order valence-electron chi connectivity index (χ1n) is 7.96. The van der Waals surface area contributed by atoms with Gasteiger partial charge < -0.3 is 16.0 Å². The maximum atomic E-state index is 12.9. The fraction of sp³-hybridized carbons (Fsp3) is 0.562. The minimum Gasteiger partial charge on any atom is -0.350 e. The van der Waals surface area contributed by atoms with Gasteiger partial charge in [-0.05, 0) is 32.5 Å². The Hall–Kier alpha value is -1.48. The Bertz CT molecular complexity index is 690. The predicted molar refractivity (Wildman–Crippen MR) is 92.8 cm³/mol. The molecule has 1 aromatic rings. The summed E-state index contributed by atoms with van der Waals surface area (Å²) in [7, 11) is -1.60. The standard InChI is InChI=1S/C16H26N4O3S/c1-16(2,17)15(21)18-12-13-6-4-5-7-14(13)24(22,23)20-10-8-19(3)9-11-20/h4-7H,8-12,17H2,1-3H3,(H,18,21). The molecule has 1 amide bonds. The van der Waals surface area contributed by atoms with Gasteiger partial charge in [0.05, 0.1) is 10.4 Å². The molecule has 1 fully saturated rings. The van der Waals surface area contributed by atoms with Crippen LogP contribution in [0.15, 0.2) is 29.2 Å². The highest BCUT2D eigenvalue weighted by Gasteiger charge is 2.29. The number of hydrogen-bond acceptors (Lipinski definition) is 5. The van der Waals surface area contributed by atoms with Crippen LogP contribution in [0.2, 0.25) is 0 Å². The average Bonchev–Trinajstić information content (AvgIpc) is 2.52. The molecule has 134 valence electrons. The average molecular weight is 354 g/mol. The van der Waals surface area contributed by atoms with Crippen molar-refractivity contribution in [1.29, 1.82) is 0 Å². The fourth-order valence-corrected chi connectivity index (χ4v) is 4.12. The number of nitrogens with two attached hydrogens (primary N) is 1. The van der Waals surface area contributed by atoms with Crippen molar-refractivity contribution in [2.24, 2.45) is 5.73 Å². The summed E-state index contributed by atoms with van der Waals surface area (Å²) in [4.78, 5) is 14.3. The third kappa shape index (κ3) is 4.32. The van der Waals surface area contributed by atoms with Crippen LogP contribution >= 0.6 is 0 Å². The maximum absolute atomic E-state index is 12.9. The molecule has 2 rings (SSSR count). The minimum atomic E-state index is -3.58. The van der Waals surface area contributed by atoms with Gasteiger partial charge in [-0.25, -0.2) is 8.42 Å². The van der Waals surface area contributed by atoms with Crippen LogP contribution in [0, 0.1) is 0 Å². The van der Waals surface area contributed by atoms with Crippen LogP contribution in [-0.4, -0.2) is 62.3 Å². The first-order chi connectivity index (χ1) is 11.1. The predicted octanol–water partition coefficient (Wildman–Crippen LogP) is -0.0238. The van der Waals surface area contributed by atoms with Crippen molar-refractivity contribution in [1.82, 2.24) is 14.5 Å². The van der Waals surface area contributed by atoms with Crippen LogP contribution < -0.4 is 11.1 Å². The first kappa shape index (κ1) is 18.9.